The third-order valence-corrected chi connectivity index (χ3v) is 3.01. The first-order chi connectivity index (χ1) is 9.74. The molecule has 114 valence electrons. The highest BCUT2D eigenvalue weighted by molar-refractivity contribution is 5.97. The number of halogens is 3. The molecule has 3 N–H and O–H groups in total. The molecule has 9 heteroatoms. The van der Waals surface area contributed by atoms with Crippen molar-refractivity contribution in [3.05, 3.63) is 18.3 Å². The number of alkyl halides is 3. The Morgan fingerprint density at radius 1 is 1.48 bits per heavy atom. The number of nitrogens with two attached hydrogens (primary N) is 1. The first kappa shape index (κ1) is 15.1. The molecule has 0 bridgehead atoms. The van der Waals surface area contributed by atoms with E-state index in [0.29, 0.717) is 10.6 Å². The van der Waals surface area contributed by atoms with Crippen LogP contribution in [-0.2, 0) is 9.59 Å². The second-order valence-electron chi connectivity index (χ2n) is 4.75. The second-order valence-corrected chi connectivity index (χ2v) is 4.75. The molecule has 1 fully saturated rings. The van der Waals surface area contributed by atoms with Crippen LogP contribution in [0.15, 0.2) is 18.3 Å². The number of pyridine rings is 1. The molecule has 1 aromatic rings. The van der Waals surface area contributed by atoms with E-state index in [9.17, 15) is 22.8 Å². The molecule has 2 rings (SSSR count). The van der Waals surface area contributed by atoms with E-state index >= 15 is 0 Å². The summed E-state index contributed by atoms with van der Waals surface area (Å²) in [6.07, 6.45) is -3.37. The molecule has 0 spiro atoms. The van der Waals surface area contributed by atoms with Crippen LogP contribution in [0, 0.1) is 5.92 Å². The van der Waals surface area contributed by atoms with Crippen LogP contribution in [-0.4, -0.2) is 41.0 Å². The van der Waals surface area contributed by atoms with Crippen LogP contribution in [0.4, 0.5) is 24.7 Å². The molecular formula is C12H13F3N4O2. The van der Waals surface area contributed by atoms with E-state index in [1.807, 2.05) is 0 Å². The molecule has 1 saturated heterocycles. The number of rotatable bonds is 3. The zero-order valence-electron chi connectivity index (χ0n) is 10.9. The van der Waals surface area contributed by atoms with Gasteiger partial charge >= 0.3 is 6.18 Å². The molecule has 21 heavy (non-hydrogen) atoms. The zero-order valence-corrected chi connectivity index (χ0v) is 10.9. The average molecular weight is 302 g/mol. The third kappa shape index (κ3) is 4.07. The highest BCUT2D eigenvalue weighted by Crippen LogP contribution is 2.24. The number of hydrogen-bond donors (Lipinski definition) is 2. The number of anilines is 2. The van der Waals surface area contributed by atoms with Crippen molar-refractivity contribution in [3.8, 4) is 0 Å². The van der Waals surface area contributed by atoms with E-state index < -0.39 is 30.5 Å². The molecule has 1 unspecified atom stereocenters. The van der Waals surface area contributed by atoms with Gasteiger partial charge in [-0.15, -0.1) is 0 Å². The third-order valence-electron chi connectivity index (χ3n) is 3.01. The first-order valence-electron chi connectivity index (χ1n) is 6.11. The monoisotopic (exact) mass is 302 g/mol. The van der Waals surface area contributed by atoms with Crippen LogP contribution in [0.25, 0.3) is 0 Å². The van der Waals surface area contributed by atoms with Gasteiger partial charge in [0.2, 0.25) is 11.8 Å². The summed E-state index contributed by atoms with van der Waals surface area (Å²) in [5.41, 5.74) is 5.76. The Morgan fingerprint density at radius 3 is 2.76 bits per heavy atom. The van der Waals surface area contributed by atoms with Crippen LogP contribution in [0.3, 0.4) is 0 Å². The van der Waals surface area contributed by atoms with E-state index in [-0.39, 0.29) is 18.8 Å². The molecule has 6 nitrogen and oxygen atoms in total. The van der Waals surface area contributed by atoms with Crippen LogP contribution in [0.1, 0.15) is 6.42 Å². The fraction of sp³-hybridized carbons (Fsp3) is 0.417. The fourth-order valence-corrected chi connectivity index (χ4v) is 2.04. The second kappa shape index (κ2) is 5.58. The minimum absolute atomic E-state index is 0.232. The number of nitrogens with one attached hydrogen (secondary N) is 1. The summed E-state index contributed by atoms with van der Waals surface area (Å²) in [5.74, 6) is -1.72. The van der Waals surface area contributed by atoms with Gasteiger partial charge in [0.15, 0.2) is 0 Å². The summed E-state index contributed by atoms with van der Waals surface area (Å²) in [7, 11) is 0. The number of hydrogen-bond acceptors (Lipinski definition) is 4. The standard InChI is InChI=1S/C12H13F3N4O2/c13-12(14,15)6-19-5-7(3-10(19)20)11(21)18-8-1-2-9(16)17-4-8/h1-2,4,7H,3,5-6H2,(H2,16,17)(H,18,21). The van der Waals surface area contributed by atoms with Crippen molar-refractivity contribution in [2.75, 3.05) is 24.1 Å². The number of carbonyl (C=O) groups excluding carboxylic acids is 2. The van der Waals surface area contributed by atoms with Gasteiger partial charge in [-0.25, -0.2) is 4.98 Å². The van der Waals surface area contributed by atoms with Crippen molar-refractivity contribution in [1.82, 2.24) is 9.88 Å². The summed E-state index contributed by atoms with van der Waals surface area (Å²) in [4.78, 5) is 27.8. The zero-order chi connectivity index (χ0) is 15.6. The minimum atomic E-state index is -4.47. The van der Waals surface area contributed by atoms with Crippen LogP contribution in [0.5, 0.6) is 0 Å². The molecule has 0 aliphatic carbocycles. The number of aromatic nitrogens is 1. The Labute approximate surface area is 118 Å². The number of nitrogen functional groups attached to an aromatic ring is 1. The van der Waals surface area contributed by atoms with Gasteiger partial charge in [-0.2, -0.15) is 13.2 Å². The lowest BCUT2D eigenvalue weighted by atomic mass is 10.1. The van der Waals surface area contributed by atoms with Crippen molar-refractivity contribution in [1.29, 1.82) is 0 Å². The lowest BCUT2D eigenvalue weighted by Crippen LogP contribution is -2.36. The molecule has 0 radical (unpaired) electrons. The molecule has 0 saturated carbocycles. The van der Waals surface area contributed by atoms with Crippen molar-refractivity contribution >= 4 is 23.3 Å². The molecule has 1 aliphatic heterocycles. The van der Waals surface area contributed by atoms with E-state index in [1.165, 1.54) is 18.3 Å². The molecule has 2 heterocycles. The molecule has 0 aromatic carbocycles. The van der Waals surface area contributed by atoms with Gasteiger partial charge in [0.25, 0.3) is 0 Å². The maximum absolute atomic E-state index is 12.3. The van der Waals surface area contributed by atoms with E-state index in [0.717, 1.165) is 0 Å². The van der Waals surface area contributed by atoms with Crippen LogP contribution >= 0.6 is 0 Å². The molecule has 2 amide bonds. The molecule has 1 aromatic heterocycles. The SMILES string of the molecule is Nc1ccc(NC(=O)C2CC(=O)N(CC(F)(F)F)C2)cn1. The molecule has 1 aliphatic rings. The van der Waals surface area contributed by atoms with Gasteiger partial charge in [-0.05, 0) is 12.1 Å². The summed E-state index contributed by atoms with van der Waals surface area (Å²) >= 11 is 0. The fourth-order valence-electron chi connectivity index (χ4n) is 2.04. The smallest absolute Gasteiger partial charge is 0.384 e. The molecular weight excluding hydrogens is 289 g/mol. The summed E-state index contributed by atoms with van der Waals surface area (Å²) in [5, 5.41) is 2.50. The Morgan fingerprint density at radius 2 is 2.19 bits per heavy atom. The van der Waals surface area contributed by atoms with E-state index in [4.69, 9.17) is 5.73 Å². The normalized spacial score (nSPS) is 18.9. The van der Waals surface area contributed by atoms with E-state index in [2.05, 4.69) is 10.3 Å². The van der Waals surface area contributed by atoms with Gasteiger partial charge in [-0.1, -0.05) is 0 Å². The lowest BCUT2D eigenvalue weighted by Gasteiger charge is -2.18. The van der Waals surface area contributed by atoms with Gasteiger partial charge in [0.1, 0.15) is 12.4 Å². The topological polar surface area (TPSA) is 88.3 Å². The highest BCUT2D eigenvalue weighted by atomic mass is 19.4. The Kier molecular flexibility index (Phi) is 4.01. The number of nitrogens with zero attached hydrogens (tertiary/aromatic N) is 2. The predicted octanol–water partition coefficient (Wildman–Crippen LogP) is 1.01. The quantitative estimate of drug-likeness (QED) is 0.872. The predicted molar refractivity (Wildman–Crippen MR) is 68.0 cm³/mol. The number of amides is 2. The summed E-state index contributed by atoms with van der Waals surface area (Å²) in [6, 6.07) is 3.00. The lowest BCUT2D eigenvalue weighted by molar-refractivity contribution is -0.157. The maximum atomic E-state index is 12.3. The minimum Gasteiger partial charge on any atom is -0.384 e. The van der Waals surface area contributed by atoms with Crippen molar-refractivity contribution in [3.63, 3.8) is 0 Å². The average Bonchev–Trinajstić information content (AvgIpc) is 2.72. The summed E-state index contributed by atoms with van der Waals surface area (Å²) in [6.45, 7) is -1.58. The van der Waals surface area contributed by atoms with Crippen LogP contribution < -0.4 is 11.1 Å². The van der Waals surface area contributed by atoms with Gasteiger partial charge in [0, 0.05) is 13.0 Å². The highest BCUT2D eigenvalue weighted by Gasteiger charge is 2.40. The summed E-state index contributed by atoms with van der Waals surface area (Å²) < 4.78 is 36.8. The van der Waals surface area contributed by atoms with E-state index in [1.54, 1.807) is 0 Å². The Bertz CT molecular complexity index is 544. The molecule has 1 atom stereocenters. The Hall–Kier alpha value is -2.32. The van der Waals surface area contributed by atoms with Gasteiger partial charge < -0.3 is 16.0 Å². The van der Waals surface area contributed by atoms with Gasteiger partial charge in [-0.3, -0.25) is 9.59 Å². The van der Waals surface area contributed by atoms with Crippen molar-refractivity contribution in [2.45, 2.75) is 12.6 Å². The van der Waals surface area contributed by atoms with Crippen LogP contribution in [0.2, 0.25) is 0 Å². The first-order valence-corrected chi connectivity index (χ1v) is 6.11. The number of carbonyl (C=O) groups is 2. The van der Waals surface area contributed by atoms with Crippen molar-refractivity contribution in [2.24, 2.45) is 5.92 Å². The largest absolute Gasteiger partial charge is 0.406 e. The van der Waals surface area contributed by atoms with Crippen molar-refractivity contribution < 1.29 is 22.8 Å². The van der Waals surface area contributed by atoms with Gasteiger partial charge in [0.05, 0.1) is 17.8 Å². The number of likely N-dealkylation sites (tertiary alicyclic amines) is 1. The maximum Gasteiger partial charge on any atom is 0.406 e. The Balaban J connectivity index is 1.95.